The zero-order chi connectivity index (χ0) is 11.5. The van der Waals surface area contributed by atoms with Gasteiger partial charge in [-0.15, -0.1) is 11.3 Å². The normalized spacial score (nSPS) is 11.4. The van der Waals surface area contributed by atoms with E-state index >= 15 is 0 Å². The summed E-state index contributed by atoms with van der Waals surface area (Å²) in [5, 5.41) is 5.62. The molecule has 0 unspecified atom stereocenters. The minimum absolute atomic E-state index is 0.908. The van der Waals surface area contributed by atoms with E-state index in [0.29, 0.717) is 0 Å². The number of aryl methyl sites for hydroxylation is 2. The van der Waals surface area contributed by atoms with Gasteiger partial charge in [0.05, 0.1) is 11.4 Å². The molecule has 88 valence electrons. The van der Waals surface area contributed by atoms with Gasteiger partial charge in [-0.25, -0.2) is 4.98 Å². The molecule has 0 saturated heterocycles. The van der Waals surface area contributed by atoms with Crippen LogP contribution in [0, 0.1) is 13.8 Å². The van der Waals surface area contributed by atoms with Crippen molar-refractivity contribution < 1.29 is 0 Å². The molecule has 0 spiro atoms. The smallest absolute Gasteiger partial charge is 0.194 e. The SMILES string of the molecule is CSCCNCc1c(C)nc2scc(C)n12. The third-order valence-electron chi connectivity index (χ3n) is 2.61. The van der Waals surface area contributed by atoms with Gasteiger partial charge < -0.3 is 5.32 Å². The van der Waals surface area contributed by atoms with Crippen LogP contribution in [0.4, 0.5) is 0 Å². The molecule has 2 aromatic heterocycles. The van der Waals surface area contributed by atoms with Crippen LogP contribution in [0.2, 0.25) is 0 Å². The summed E-state index contributed by atoms with van der Waals surface area (Å²) in [5.74, 6) is 1.16. The molecule has 0 fully saturated rings. The van der Waals surface area contributed by atoms with Crippen LogP contribution in [0.5, 0.6) is 0 Å². The maximum atomic E-state index is 4.57. The van der Waals surface area contributed by atoms with Crippen molar-refractivity contribution in [3.05, 3.63) is 22.5 Å². The first kappa shape index (κ1) is 12.0. The molecular formula is C11H17N3S2. The molecule has 0 saturated carbocycles. The van der Waals surface area contributed by atoms with Gasteiger partial charge in [0.15, 0.2) is 4.96 Å². The summed E-state index contributed by atoms with van der Waals surface area (Å²) in [5.41, 5.74) is 3.73. The van der Waals surface area contributed by atoms with Gasteiger partial charge in [-0.2, -0.15) is 11.8 Å². The topological polar surface area (TPSA) is 29.3 Å². The highest BCUT2D eigenvalue weighted by Gasteiger charge is 2.11. The van der Waals surface area contributed by atoms with E-state index in [1.807, 2.05) is 11.8 Å². The Morgan fingerprint density at radius 2 is 2.31 bits per heavy atom. The van der Waals surface area contributed by atoms with Gasteiger partial charge in [0.1, 0.15) is 0 Å². The van der Waals surface area contributed by atoms with Crippen molar-refractivity contribution in [3.8, 4) is 0 Å². The summed E-state index contributed by atoms with van der Waals surface area (Å²) in [6, 6.07) is 0. The molecule has 0 aromatic carbocycles. The van der Waals surface area contributed by atoms with Gasteiger partial charge in [0, 0.05) is 29.9 Å². The van der Waals surface area contributed by atoms with Crippen molar-refractivity contribution in [2.75, 3.05) is 18.6 Å². The van der Waals surface area contributed by atoms with Crippen molar-refractivity contribution in [3.63, 3.8) is 0 Å². The Morgan fingerprint density at radius 3 is 3.06 bits per heavy atom. The monoisotopic (exact) mass is 255 g/mol. The minimum Gasteiger partial charge on any atom is -0.310 e. The van der Waals surface area contributed by atoms with Crippen LogP contribution in [0.1, 0.15) is 17.1 Å². The van der Waals surface area contributed by atoms with E-state index in [9.17, 15) is 0 Å². The molecule has 0 aliphatic rings. The Labute approximate surface area is 104 Å². The first-order valence-electron chi connectivity index (χ1n) is 5.35. The van der Waals surface area contributed by atoms with E-state index in [2.05, 4.69) is 40.2 Å². The lowest BCUT2D eigenvalue weighted by Crippen LogP contribution is -2.18. The molecule has 16 heavy (non-hydrogen) atoms. The van der Waals surface area contributed by atoms with Crippen LogP contribution in [0.15, 0.2) is 5.38 Å². The number of rotatable bonds is 5. The number of imidazole rings is 1. The molecular weight excluding hydrogens is 238 g/mol. The number of thiazole rings is 1. The Hall–Kier alpha value is -0.520. The number of fused-ring (bicyclic) bond motifs is 1. The van der Waals surface area contributed by atoms with E-state index in [0.717, 1.165) is 29.5 Å². The van der Waals surface area contributed by atoms with Gasteiger partial charge in [-0.1, -0.05) is 0 Å². The van der Waals surface area contributed by atoms with Crippen LogP contribution in [-0.2, 0) is 6.54 Å². The number of hydrogen-bond donors (Lipinski definition) is 1. The number of aromatic nitrogens is 2. The van der Waals surface area contributed by atoms with Crippen LogP contribution in [-0.4, -0.2) is 27.9 Å². The highest BCUT2D eigenvalue weighted by molar-refractivity contribution is 7.98. The van der Waals surface area contributed by atoms with Crippen LogP contribution >= 0.6 is 23.1 Å². The molecule has 0 radical (unpaired) electrons. The standard InChI is InChI=1S/C11H17N3S2/c1-8-7-16-11-13-9(2)10(14(8)11)6-12-4-5-15-3/h7,12H,4-6H2,1-3H3. The van der Waals surface area contributed by atoms with Crippen molar-refractivity contribution in [2.45, 2.75) is 20.4 Å². The quantitative estimate of drug-likeness (QED) is 0.832. The van der Waals surface area contributed by atoms with Gasteiger partial charge >= 0.3 is 0 Å². The molecule has 0 amide bonds. The zero-order valence-electron chi connectivity index (χ0n) is 9.91. The predicted octanol–water partition coefficient (Wildman–Crippen LogP) is 2.47. The van der Waals surface area contributed by atoms with Crippen LogP contribution in [0.25, 0.3) is 4.96 Å². The first-order valence-corrected chi connectivity index (χ1v) is 7.63. The number of nitrogens with zero attached hydrogens (tertiary/aromatic N) is 2. The second-order valence-corrected chi connectivity index (χ2v) is 5.63. The average Bonchev–Trinajstić information content (AvgIpc) is 2.75. The number of thioether (sulfide) groups is 1. The zero-order valence-corrected chi connectivity index (χ0v) is 11.5. The van der Waals surface area contributed by atoms with E-state index in [1.54, 1.807) is 11.3 Å². The van der Waals surface area contributed by atoms with Crippen molar-refractivity contribution in [1.82, 2.24) is 14.7 Å². The lowest BCUT2D eigenvalue weighted by atomic mass is 10.3. The number of hydrogen-bond acceptors (Lipinski definition) is 4. The molecule has 5 heteroatoms. The fourth-order valence-electron chi connectivity index (χ4n) is 1.76. The summed E-state index contributed by atoms with van der Waals surface area (Å²) in [4.78, 5) is 5.68. The summed E-state index contributed by atoms with van der Waals surface area (Å²) in [7, 11) is 0. The van der Waals surface area contributed by atoms with E-state index in [1.165, 1.54) is 11.4 Å². The summed E-state index contributed by atoms with van der Waals surface area (Å²) < 4.78 is 2.26. The lowest BCUT2D eigenvalue weighted by Gasteiger charge is -2.05. The van der Waals surface area contributed by atoms with Gasteiger partial charge in [-0.3, -0.25) is 4.40 Å². The maximum Gasteiger partial charge on any atom is 0.194 e. The van der Waals surface area contributed by atoms with Crippen molar-refractivity contribution in [1.29, 1.82) is 0 Å². The van der Waals surface area contributed by atoms with Crippen LogP contribution in [0.3, 0.4) is 0 Å². The molecule has 2 heterocycles. The molecule has 0 bridgehead atoms. The molecule has 1 N–H and O–H groups in total. The second kappa shape index (κ2) is 5.21. The van der Waals surface area contributed by atoms with Crippen molar-refractivity contribution >= 4 is 28.1 Å². The lowest BCUT2D eigenvalue weighted by molar-refractivity contribution is 0.704. The largest absolute Gasteiger partial charge is 0.310 e. The molecule has 2 rings (SSSR count). The number of nitrogens with one attached hydrogen (secondary N) is 1. The molecule has 3 nitrogen and oxygen atoms in total. The van der Waals surface area contributed by atoms with Gasteiger partial charge in [0.2, 0.25) is 0 Å². The Kier molecular flexibility index (Phi) is 3.89. The van der Waals surface area contributed by atoms with Crippen LogP contribution < -0.4 is 5.32 Å². The van der Waals surface area contributed by atoms with E-state index < -0.39 is 0 Å². The average molecular weight is 255 g/mol. The fraction of sp³-hybridized carbons (Fsp3) is 0.545. The minimum atomic E-state index is 0.908. The second-order valence-electron chi connectivity index (χ2n) is 3.81. The van der Waals surface area contributed by atoms with E-state index in [-0.39, 0.29) is 0 Å². The molecule has 0 atom stereocenters. The molecule has 2 aromatic rings. The Morgan fingerprint density at radius 1 is 1.50 bits per heavy atom. The molecule has 0 aliphatic carbocycles. The molecule has 0 aliphatic heterocycles. The third kappa shape index (κ3) is 2.26. The summed E-state index contributed by atoms with van der Waals surface area (Å²) in [6.45, 7) is 6.18. The Bertz CT molecular complexity index is 473. The fourth-order valence-corrected chi connectivity index (χ4v) is 3.04. The van der Waals surface area contributed by atoms with Crippen molar-refractivity contribution in [2.24, 2.45) is 0 Å². The van der Waals surface area contributed by atoms with E-state index in [4.69, 9.17) is 0 Å². The Balaban J connectivity index is 2.15. The summed E-state index contributed by atoms with van der Waals surface area (Å²) >= 11 is 3.58. The first-order chi connectivity index (χ1) is 7.74. The third-order valence-corrected chi connectivity index (χ3v) is 4.16. The van der Waals surface area contributed by atoms with Gasteiger partial charge in [0.25, 0.3) is 0 Å². The summed E-state index contributed by atoms with van der Waals surface area (Å²) in [6.07, 6.45) is 2.13. The highest BCUT2D eigenvalue weighted by atomic mass is 32.2. The van der Waals surface area contributed by atoms with Gasteiger partial charge in [-0.05, 0) is 20.1 Å². The maximum absolute atomic E-state index is 4.57. The predicted molar refractivity (Wildman–Crippen MR) is 72.6 cm³/mol. The highest BCUT2D eigenvalue weighted by Crippen LogP contribution is 2.20.